The maximum Gasteiger partial charge on any atom is 0.348 e. The fourth-order valence-electron chi connectivity index (χ4n) is 2.69. The molecule has 7 heteroatoms. The first-order valence-corrected chi connectivity index (χ1v) is 11.1. The van der Waals surface area contributed by atoms with Crippen LogP contribution in [0.15, 0.2) is 0 Å². The molecule has 0 aromatic rings. The van der Waals surface area contributed by atoms with Crippen molar-refractivity contribution < 1.29 is 13.6 Å². The summed E-state index contributed by atoms with van der Waals surface area (Å²) in [6, 6.07) is 0. The third kappa shape index (κ3) is 4.87. The van der Waals surface area contributed by atoms with Gasteiger partial charge in [0.15, 0.2) is 0 Å². The van der Waals surface area contributed by atoms with Crippen LogP contribution in [0.1, 0.15) is 48.0 Å². The van der Waals surface area contributed by atoms with Crippen LogP contribution in [0.25, 0.3) is 0 Å². The Bertz CT molecular complexity index is 396. The van der Waals surface area contributed by atoms with Gasteiger partial charge in [-0.25, -0.2) is 0 Å². The van der Waals surface area contributed by atoms with Crippen molar-refractivity contribution in [2.24, 2.45) is 10.8 Å². The quantitative estimate of drug-likeness (QED) is 0.484. The molecule has 1 fully saturated rings. The van der Waals surface area contributed by atoms with Crippen LogP contribution >= 0.6 is 31.0 Å². The van der Waals surface area contributed by atoms with Crippen LogP contribution in [0.4, 0.5) is 0 Å². The van der Waals surface area contributed by atoms with Gasteiger partial charge < -0.3 is 9.05 Å². The number of hydrogen-bond acceptors (Lipinski definition) is 5. The van der Waals surface area contributed by atoms with E-state index >= 15 is 0 Å². The number of hydrogen-bond donors (Lipinski definition) is 1. The Balaban J connectivity index is 3.04. The second kappa shape index (κ2) is 8.22. The van der Waals surface area contributed by atoms with Gasteiger partial charge in [-0.3, -0.25) is 9.88 Å². The summed E-state index contributed by atoms with van der Waals surface area (Å²) in [5, 5.41) is 3.75. The zero-order chi connectivity index (χ0) is 17.0. The van der Waals surface area contributed by atoms with Crippen LogP contribution in [-0.4, -0.2) is 36.0 Å². The molecule has 1 heterocycles. The molecule has 1 saturated heterocycles. The van der Waals surface area contributed by atoms with E-state index in [9.17, 15) is 4.57 Å². The lowest BCUT2D eigenvalue weighted by Crippen LogP contribution is -2.56. The SMILES string of the molecule is CCOP(=O)(OCC)[C@H]1N[C@@H](C(C)(C)CCCl)SCC1(C)C. The number of alkyl halides is 1. The van der Waals surface area contributed by atoms with Crippen LogP contribution in [0, 0.1) is 10.8 Å². The molecule has 0 unspecified atom stereocenters. The van der Waals surface area contributed by atoms with Crippen molar-refractivity contribution in [3.05, 3.63) is 0 Å². The summed E-state index contributed by atoms with van der Waals surface area (Å²) >= 11 is 7.82. The predicted octanol–water partition coefficient (Wildman–Crippen LogP) is 4.92. The Hall–Kier alpha value is 0.750. The van der Waals surface area contributed by atoms with E-state index in [1.165, 1.54) is 0 Å². The molecule has 1 N–H and O–H groups in total. The normalized spacial score (nSPS) is 26.1. The Morgan fingerprint density at radius 2 is 1.86 bits per heavy atom. The number of rotatable bonds is 8. The fourth-order valence-corrected chi connectivity index (χ4v) is 7.33. The summed E-state index contributed by atoms with van der Waals surface area (Å²) in [5.74, 6) is 1.22. The van der Waals surface area contributed by atoms with E-state index < -0.39 is 7.60 Å². The third-order valence-corrected chi connectivity index (χ3v) is 8.98. The topological polar surface area (TPSA) is 47.6 Å². The van der Waals surface area contributed by atoms with Crippen molar-refractivity contribution in [3.63, 3.8) is 0 Å². The molecule has 0 aliphatic carbocycles. The van der Waals surface area contributed by atoms with E-state index in [1.54, 1.807) is 0 Å². The van der Waals surface area contributed by atoms with E-state index in [-0.39, 0.29) is 22.0 Å². The highest BCUT2D eigenvalue weighted by atomic mass is 35.5. The monoisotopic (exact) mass is 371 g/mol. The zero-order valence-electron chi connectivity index (χ0n) is 14.6. The Morgan fingerprint density at radius 1 is 1.32 bits per heavy atom. The van der Waals surface area contributed by atoms with E-state index in [0.29, 0.717) is 19.1 Å². The standard InChI is InChI=1S/C15H31ClNO3PS/c1-7-19-21(18,20-8-2)12-15(5,6)11-22-13(17-12)14(3,4)9-10-16/h12-13,17H,7-11H2,1-6H3/t12-,13-/m1/s1. The molecule has 1 aliphatic rings. The molecule has 132 valence electrons. The number of halogens is 1. The van der Waals surface area contributed by atoms with Crippen LogP contribution in [0.3, 0.4) is 0 Å². The second-order valence-corrected chi connectivity index (χ2v) is 10.6. The van der Waals surface area contributed by atoms with E-state index in [2.05, 4.69) is 33.0 Å². The first-order chi connectivity index (χ1) is 10.1. The molecule has 1 rings (SSSR count). The largest absolute Gasteiger partial charge is 0.348 e. The number of nitrogens with one attached hydrogen (secondary N) is 1. The minimum atomic E-state index is -3.20. The highest BCUT2D eigenvalue weighted by molar-refractivity contribution is 8.00. The maximum absolute atomic E-state index is 13.3. The molecule has 0 radical (unpaired) electrons. The lowest BCUT2D eigenvalue weighted by Gasteiger charge is -2.48. The average Bonchev–Trinajstić information content (AvgIpc) is 2.38. The Labute approximate surface area is 145 Å². The van der Waals surface area contributed by atoms with Gasteiger partial charge in [0, 0.05) is 17.0 Å². The fraction of sp³-hybridized carbons (Fsp3) is 1.00. The van der Waals surface area contributed by atoms with Gasteiger partial charge in [0.1, 0.15) is 5.78 Å². The van der Waals surface area contributed by atoms with Crippen molar-refractivity contribution >= 4 is 31.0 Å². The van der Waals surface area contributed by atoms with Gasteiger partial charge in [-0.15, -0.1) is 23.4 Å². The molecule has 0 saturated carbocycles. The molecule has 0 amide bonds. The summed E-state index contributed by atoms with van der Waals surface area (Å²) in [4.78, 5) is 0. The highest BCUT2D eigenvalue weighted by Crippen LogP contribution is 2.60. The molecule has 4 nitrogen and oxygen atoms in total. The van der Waals surface area contributed by atoms with Crippen molar-refractivity contribution in [2.75, 3.05) is 24.8 Å². The summed E-state index contributed by atoms with van der Waals surface area (Å²) < 4.78 is 24.5. The predicted molar refractivity (Wildman–Crippen MR) is 96.9 cm³/mol. The minimum Gasteiger partial charge on any atom is -0.308 e. The first-order valence-electron chi connectivity index (χ1n) is 7.95. The van der Waals surface area contributed by atoms with Crippen molar-refractivity contribution in [3.8, 4) is 0 Å². The second-order valence-electron chi connectivity index (χ2n) is 7.05. The van der Waals surface area contributed by atoms with E-state index in [1.807, 2.05) is 25.6 Å². The molecule has 0 bridgehead atoms. The van der Waals surface area contributed by atoms with Crippen LogP contribution < -0.4 is 5.32 Å². The Kier molecular flexibility index (Phi) is 7.77. The van der Waals surface area contributed by atoms with E-state index in [0.717, 1.165) is 12.2 Å². The van der Waals surface area contributed by atoms with Gasteiger partial charge in [-0.05, 0) is 25.7 Å². The summed E-state index contributed by atoms with van der Waals surface area (Å²) in [5.41, 5.74) is -0.150. The molecule has 22 heavy (non-hydrogen) atoms. The molecule has 0 aromatic carbocycles. The van der Waals surface area contributed by atoms with Gasteiger partial charge >= 0.3 is 7.60 Å². The van der Waals surface area contributed by atoms with Crippen LogP contribution in [0.2, 0.25) is 0 Å². The minimum absolute atomic E-state index is 0.0183. The zero-order valence-corrected chi connectivity index (χ0v) is 17.1. The first kappa shape index (κ1) is 20.8. The summed E-state index contributed by atoms with van der Waals surface area (Å²) in [6.45, 7) is 13.1. The maximum atomic E-state index is 13.3. The molecule has 0 spiro atoms. The molecule has 1 aliphatic heterocycles. The van der Waals surface area contributed by atoms with Gasteiger partial charge in [-0.1, -0.05) is 27.7 Å². The van der Waals surface area contributed by atoms with E-state index in [4.69, 9.17) is 20.6 Å². The van der Waals surface area contributed by atoms with Gasteiger partial charge in [0.05, 0.1) is 18.6 Å². The lowest BCUT2D eigenvalue weighted by molar-refractivity contribution is 0.166. The van der Waals surface area contributed by atoms with Gasteiger partial charge in [0.25, 0.3) is 0 Å². The van der Waals surface area contributed by atoms with Crippen LogP contribution in [0.5, 0.6) is 0 Å². The smallest absolute Gasteiger partial charge is 0.308 e. The summed E-state index contributed by atoms with van der Waals surface area (Å²) in [7, 11) is -3.20. The Morgan fingerprint density at radius 3 is 2.32 bits per heavy atom. The molecular weight excluding hydrogens is 341 g/mol. The molecule has 2 atom stereocenters. The third-order valence-electron chi connectivity index (χ3n) is 4.05. The molecular formula is C15H31ClNO3PS. The highest BCUT2D eigenvalue weighted by Gasteiger charge is 2.51. The average molecular weight is 372 g/mol. The summed E-state index contributed by atoms with van der Waals surface area (Å²) in [6.07, 6.45) is 0.903. The molecule has 0 aromatic heterocycles. The van der Waals surface area contributed by atoms with Crippen molar-refractivity contribution in [1.29, 1.82) is 0 Å². The van der Waals surface area contributed by atoms with Gasteiger partial charge in [0.2, 0.25) is 0 Å². The van der Waals surface area contributed by atoms with Crippen LogP contribution in [-0.2, 0) is 13.6 Å². The number of thioether (sulfide) groups is 1. The van der Waals surface area contributed by atoms with Gasteiger partial charge in [-0.2, -0.15) is 0 Å². The van der Waals surface area contributed by atoms with Crippen molar-refractivity contribution in [1.82, 2.24) is 5.32 Å². The lowest BCUT2D eigenvalue weighted by atomic mass is 9.88. The van der Waals surface area contributed by atoms with Crippen molar-refractivity contribution in [2.45, 2.75) is 59.1 Å².